The molecule has 162 valence electrons. The van der Waals surface area contributed by atoms with Crippen molar-refractivity contribution in [1.29, 1.82) is 0 Å². The van der Waals surface area contributed by atoms with E-state index in [1.165, 1.54) is 4.68 Å². The lowest BCUT2D eigenvalue weighted by atomic mass is 9.89. The van der Waals surface area contributed by atoms with E-state index in [0.29, 0.717) is 27.4 Å². The fourth-order valence-electron chi connectivity index (χ4n) is 4.01. The molecule has 0 saturated heterocycles. The number of rotatable bonds is 5. The van der Waals surface area contributed by atoms with Gasteiger partial charge in [-0.25, -0.2) is 17.8 Å². The average Bonchev–Trinajstić information content (AvgIpc) is 2.76. The number of benzene rings is 2. The Morgan fingerprint density at radius 1 is 1.10 bits per heavy atom. The second-order valence-electron chi connectivity index (χ2n) is 7.84. The van der Waals surface area contributed by atoms with E-state index in [1.807, 2.05) is 12.1 Å². The van der Waals surface area contributed by atoms with E-state index < -0.39 is 10.0 Å². The molecule has 0 amide bonds. The first-order valence-electron chi connectivity index (χ1n) is 10.2. The number of hydrogen-bond donors (Lipinski definition) is 1. The molecule has 1 aliphatic carbocycles. The van der Waals surface area contributed by atoms with Gasteiger partial charge >= 0.3 is 0 Å². The molecule has 0 fully saturated rings. The van der Waals surface area contributed by atoms with E-state index in [-0.39, 0.29) is 17.0 Å². The Bertz CT molecular complexity index is 1320. The predicted octanol–water partition coefficient (Wildman–Crippen LogP) is 3.77. The molecule has 0 radical (unpaired) electrons. The second-order valence-corrected chi connectivity index (χ2v) is 9.98. The molecule has 0 bridgehead atoms. The number of aryl methyl sites for hydroxylation is 2. The van der Waals surface area contributed by atoms with Crippen LogP contribution in [0.4, 0.5) is 0 Å². The van der Waals surface area contributed by atoms with Gasteiger partial charge in [-0.15, -0.1) is 0 Å². The third kappa shape index (κ3) is 4.31. The van der Waals surface area contributed by atoms with Gasteiger partial charge in [-0.1, -0.05) is 41.9 Å². The minimum absolute atomic E-state index is 0.0696. The summed E-state index contributed by atoms with van der Waals surface area (Å²) in [5, 5.41) is 5.00. The second kappa shape index (κ2) is 8.57. The Labute approximate surface area is 186 Å². The van der Waals surface area contributed by atoms with Gasteiger partial charge in [-0.3, -0.25) is 4.79 Å². The molecule has 1 N–H and O–H groups in total. The summed E-state index contributed by atoms with van der Waals surface area (Å²) in [5.74, 6) is 0. The largest absolute Gasteiger partial charge is 0.269 e. The summed E-state index contributed by atoms with van der Waals surface area (Å²) in [6, 6.07) is 12.4. The molecular weight excluding hydrogens is 434 g/mol. The van der Waals surface area contributed by atoms with Crippen LogP contribution in [0.3, 0.4) is 0 Å². The van der Waals surface area contributed by atoms with Crippen LogP contribution in [-0.4, -0.2) is 18.2 Å². The standard InChI is InChI=1S/C23H24ClN3O3S/c1-15-11-12-16(22-18-8-4-5-9-19(18)23(28)27(2)26-22)13-21(15)31(29,30)25-14-17-7-3-6-10-20(17)24/h3,6-7,10-13,25H,4-5,8-9,14H2,1-2H3. The van der Waals surface area contributed by atoms with Crippen LogP contribution in [0.2, 0.25) is 5.02 Å². The molecule has 2 aromatic carbocycles. The SMILES string of the molecule is Cc1ccc(-c2nn(C)c(=O)c3c2CCCC3)cc1S(=O)(=O)NCc1ccccc1Cl. The summed E-state index contributed by atoms with van der Waals surface area (Å²) in [6.07, 6.45) is 3.47. The van der Waals surface area contributed by atoms with Crippen molar-refractivity contribution in [2.24, 2.45) is 7.05 Å². The van der Waals surface area contributed by atoms with Crippen molar-refractivity contribution < 1.29 is 8.42 Å². The van der Waals surface area contributed by atoms with Gasteiger partial charge in [-0.05, 0) is 61.4 Å². The molecular formula is C23H24ClN3O3S. The smallest absolute Gasteiger partial charge is 0.268 e. The Balaban J connectivity index is 1.74. The molecule has 8 heteroatoms. The summed E-state index contributed by atoms with van der Waals surface area (Å²) in [6.45, 7) is 1.86. The molecule has 1 heterocycles. The maximum Gasteiger partial charge on any atom is 0.269 e. The van der Waals surface area contributed by atoms with E-state index >= 15 is 0 Å². The lowest BCUT2D eigenvalue weighted by molar-refractivity contribution is 0.580. The molecule has 1 aliphatic rings. The number of nitrogens with zero attached hydrogens (tertiary/aromatic N) is 2. The number of hydrogen-bond acceptors (Lipinski definition) is 4. The van der Waals surface area contributed by atoms with Crippen LogP contribution in [0, 0.1) is 6.92 Å². The highest BCUT2D eigenvalue weighted by atomic mass is 35.5. The van der Waals surface area contributed by atoms with Crippen molar-refractivity contribution in [1.82, 2.24) is 14.5 Å². The average molecular weight is 458 g/mol. The number of nitrogens with one attached hydrogen (secondary N) is 1. The summed E-state index contributed by atoms with van der Waals surface area (Å²) < 4.78 is 30.2. The fourth-order valence-corrected chi connectivity index (χ4v) is 5.49. The topological polar surface area (TPSA) is 81.1 Å². The normalized spacial score (nSPS) is 13.8. The van der Waals surface area contributed by atoms with Crippen molar-refractivity contribution in [3.8, 4) is 11.3 Å². The highest BCUT2D eigenvalue weighted by molar-refractivity contribution is 7.89. The van der Waals surface area contributed by atoms with Gasteiger partial charge in [0.25, 0.3) is 5.56 Å². The van der Waals surface area contributed by atoms with Gasteiger partial charge in [0.2, 0.25) is 10.0 Å². The molecule has 4 rings (SSSR count). The first-order chi connectivity index (χ1) is 14.8. The number of aromatic nitrogens is 2. The molecule has 1 aromatic heterocycles. The van der Waals surface area contributed by atoms with Crippen molar-refractivity contribution in [2.75, 3.05) is 0 Å². The number of fused-ring (bicyclic) bond motifs is 1. The van der Waals surface area contributed by atoms with E-state index in [4.69, 9.17) is 11.6 Å². The van der Waals surface area contributed by atoms with Gasteiger partial charge in [0.15, 0.2) is 0 Å². The zero-order valence-corrected chi connectivity index (χ0v) is 19.1. The summed E-state index contributed by atoms with van der Waals surface area (Å²) in [7, 11) is -2.14. The highest BCUT2D eigenvalue weighted by Crippen LogP contribution is 2.30. The predicted molar refractivity (Wildman–Crippen MR) is 122 cm³/mol. The minimum atomic E-state index is -3.78. The van der Waals surface area contributed by atoms with Crippen molar-refractivity contribution in [3.63, 3.8) is 0 Å². The molecule has 0 atom stereocenters. The molecule has 3 aromatic rings. The summed E-state index contributed by atoms with van der Waals surface area (Å²) in [5.41, 5.74) is 4.37. The zero-order chi connectivity index (χ0) is 22.2. The van der Waals surface area contributed by atoms with Crippen LogP contribution >= 0.6 is 11.6 Å². The number of halogens is 1. The third-order valence-electron chi connectivity index (χ3n) is 5.72. The van der Waals surface area contributed by atoms with Crippen molar-refractivity contribution in [2.45, 2.75) is 44.0 Å². The van der Waals surface area contributed by atoms with Gasteiger partial charge in [0.05, 0.1) is 10.6 Å². The maximum atomic E-state index is 13.1. The van der Waals surface area contributed by atoms with Gasteiger partial charge < -0.3 is 0 Å². The van der Waals surface area contributed by atoms with Crippen LogP contribution in [0.5, 0.6) is 0 Å². The van der Waals surface area contributed by atoms with Crippen LogP contribution in [0.1, 0.15) is 35.1 Å². The molecule has 0 unspecified atom stereocenters. The van der Waals surface area contributed by atoms with Gasteiger partial charge in [0, 0.05) is 29.7 Å². The quantitative estimate of drug-likeness (QED) is 0.632. The Kier molecular flexibility index (Phi) is 6.01. The molecule has 0 aliphatic heterocycles. The van der Waals surface area contributed by atoms with E-state index in [0.717, 1.165) is 36.8 Å². The van der Waals surface area contributed by atoms with Crippen LogP contribution < -0.4 is 10.3 Å². The van der Waals surface area contributed by atoms with E-state index in [9.17, 15) is 13.2 Å². The van der Waals surface area contributed by atoms with Crippen molar-refractivity contribution >= 4 is 21.6 Å². The van der Waals surface area contributed by atoms with Crippen LogP contribution in [0.15, 0.2) is 52.2 Å². The zero-order valence-electron chi connectivity index (χ0n) is 17.5. The summed E-state index contributed by atoms with van der Waals surface area (Å²) >= 11 is 6.16. The lowest BCUT2D eigenvalue weighted by Gasteiger charge is -2.20. The molecule has 6 nitrogen and oxygen atoms in total. The van der Waals surface area contributed by atoms with Crippen LogP contribution in [0.25, 0.3) is 11.3 Å². The molecule has 0 saturated carbocycles. The fraction of sp³-hybridized carbons (Fsp3) is 0.304. The van der Waals surface area contributed by atoms with Gasteiger partial charge in [0.1, 0.15) is 0 Å². The Morgan fingerprint density at radius 3 is 2.55 bits per heavy atom. The lowest BCUT2D eigenvalue weighted by Crippen LogP contribution is -2.28. The first kappa shape index (κ1) is 21.7. The monoisotopic (exact) mass is 457 g/mol. The Morgan fingerprint density at radius 2 is 1.81 bits per heavy atom. The van der Waals surface area contributed by atoms with Crippen LogP contribution in [-0.2, 0) is 36.5 Å². The van der Waals surface area contributed by atoms with E-state index in [1.54, 1.807) is 44.3 Å². The van der Waals surface area contributed by atoms with Gasteiger partial charge in [-0.2, -0.15) is 5.10 Å². The minimum Gasteiger partial charge on any atom is -0.268 e. The summed E-state index contributed by atoms with van der Waals surface area (Å²) in [4.78, 5) is 12.7. The molecule has 31 heavy (non-hydrogen) atoms. The first-order valence-corrected chi connectivity index (χ1v) is 12.1. The number of sulfonamides is 1. The van der Waals surface area contributed by atoms with E-state index in [2.05, 4.69) is 9.82 Å². The van der Waals surface area contributed by atoms with Crippen molar-refractivity contribution in [3.05, 3.63) is 80.1 Å². The molecule has 0 spiro atoms. The highest BCUT2D eigenvalue weighted by Gasteiger charge is 2.23. The maximum absolute atomic E-state index is 13.1. The third-order valence-corrected chi connectivity index (χ3v) is 7.63. The Hall–Kier alpha value is -2.48.